The Hall–Kier alpha value is 0.883. The van der Waals surface area contributed by atoms with Crippen molar-refractivity contribution in [2.45, 2.75) is 27.7 Å². The van der Waals surface area contributed by atoms with E-state index in [0.29, 0.717) is 0 Å². The van der Waals surface area contributed by atoms with Crippen LogP contribution >= 0.6 is 0 Å². The standard InChI is InChI=1S/4C2H5.Zr/c4*1-2;/h4*1H2,2H3;/q4*-1;+4. The van der Waals surface area contributed by atoms with Crippen LogP contribution in [-0.2, 0) is 26.2 Å². The summed E-state index contributed by atoms with van der Waals surface area (Å²) in [7, 11) is 0. The summed E-state index contributed by atoms with van der Waals surface area (Å²) in [6.07, 6.45) is 0. The van der Waals surface area contributed by atoms with Crippen molar-refractivity contribution >= 4 is 0 Å². The zero-order chi connectivity index (χ0) is 8.00. The quantitative estimate of drug-likeness (QED) is 0.534. The van der Waals surface area contributed by atoms with Gasteiger partial charge in [-0.3, -0.25) is 0 Å². The fourth-order valence-electron chi connectivity index (χ4n) is 0. The first kappa shape index (κ1) is 32.7. The molecule has 0 spiro atoms. The topological polar surface area (TPSA) is 0 Å². The second-order valence-corrected chi connectivity index (χ2v) is 0. The van der Waals surface area contributed by atoms with Crippen LogP contribution in [0.3, 0.4) is 0 Å². The molecule has 0 aliphatic heterocycles. The van der Waals surface area contributed by atoms with Crippen molar-refractivity contribution < 1.29 is 26.2 Å². The van der Waals surface area contributed by atoms with E-state index in [-0.39, 0.29) is 26.2 Å². The molecule has 0 saturated heterocycles. The Morgan fingerprint density at radius 3 is 0.444 bits per heavy atom. The van der Waals surface area contributed by atoms with Gasteiger partial charge in [-0.1, -0.05) is 0 Å². The molecule has 56 valence electrons. The first-order valence-electron chi connectivity index (χ1n) is 2.83. The van der Waals surface area contributed by atoms with Crippen molar-refractivity contribution in [3.05, 3.63) is 27.7 Å². The Morgan fingerprint density at radius 1 is 0.444 bits per heavy atom. The summed E-state index contributed by atoms with van der Waals surface area (Å²) >= 11 is 0. The van der Waals surface area contributed by atoms with Crippen LogP contribution in [0.4, 0.5) is 0 Å². The smallest absolute Gasteiger partial charge is 0.346 e. The summed E-state index contributed by atoms with van der Waals surface area (Å²) in [4.78, 5) is 0. The van der Waals surface area contributed by atoms with Crippen molar-refractivity contribution in [2.24, 2.45) is 0 Å². The van der Waals surface area contributed by atoms with Crippen LogP contribution in [0, 0.1) is 27.7 Å². The van der Waals surface area contributed by atoms with Crippen molar-refractivity contribution in [1.29, 1.82) is 0 Å². The van der Waals surface area contributed by atoms with Crippen LogP contribution < -0.4 is 0 Å². The van der Waals surface area contributed by atoms with Crippen LogP contribution in [0.2, 0.25) is 0 Å². The van der Waals surface area contributed by atoms with Crippen LogP contribution in [0.5, 0.6) is 0 Å². The Labute approximate surface area is 81.6 Å². The molecule has 0 atom stereocenters. The van der Waals surface area contributed by atoms with Gasteiger partial charge in [0, 0.05) is 0 Å². The van der Waals surface area contributed by atoms with E-state index >= 15 is 0 Å². The average molecular weight is 207 g/mol. The fraction of sp³-hybridized carbons (Fsp3) is 0.500. The van der Waals surface area contributed by atoms with Gasteiger partial charge < -0.3 is 27.7 Å². The molecule has 9 heavy (non-hydrogen) atoms. The Bertz CT molecular complexity index is 4.53. The van der Waals surface area contributed by atoms with Gasteiger partial charge in [0.25, 0.3) is 0 Å². The predicted octanol–water partition coefficient (Wildman–Crippen LogP) is 3.36. The molecule has 0 radical (unpaired) electrons. The Balaban J connectivity index is -0.00000000762. The van der Waals surface area contributed by atoms with E-state index in [4.69, 9.17) is 0 Å². The maximum absolute atomic E-state index is 3.25. The van der Waals surface area contributed by atoms with E-state index in [9.17, 15) is 0 Å². The fourth-order valence-corrected chi connectivity index (χ4v) is 0. The molecule has 0 aliphatic carbocycles. The summed E-state index contributed by atoms with van der Waals surface area (Å²) in [5.74, 6) is 0. The van der Waals surface area contributed by atoms with E-state index < -0.39 is 0 Å². The summed E-state index contributed by atoms with van der Waals surface area (Å²) in [6, 6.07) is 0. The molecule has 0 amide bonds. The molecular weight excluding hydrogens is 187 g/mol. The van der Waals surface area contributed by atoms with Crippen molar-refractivity contribution in [2.75, 3.05) is 0 Å². The minimum Gasteiger partial charge on any atom is -0.346 e. The zero-order valence-corrected chi connectivity index (χ0v) is 9.79. The summed E-state index contributed by atoms with van der Waals surface area (Å²) in [5.41, 5.74) is 0. The largest absolute Gasteiger partial charge is 4.00 e. The molecule has 0 aromatic rings. The molecule has 0 aromatic heterocycles. The third kappa shape index (κ3) is 540. The van der Waals surface area contributed by atoms with E-state index in [1.54, 1.807) is 27.7 Å². The van der Waals surface area contributed by atoms with Crippen LogP contribution in [-0.4, -0.2) is 0 Å². The van der Waals surface area contributed by atoms with Gasteiger partial charge in [-0.25, -0.2) is 0 Å². The molecule has 0 heterocycles. The Morgan fingerprint density at radius 2 is 0.444 bits per heavy atom. The molecule has 0 N–H and O–H groups in total. The van der Waals surface area contributed by atoms with Gasteiger partial charge in [-0.2, -0.15) is 27.7 Å². The maximum atomic E-state index is 3.25. The van der Waals surface area contributed by atoms with Gasteiger partial charge in [0.1, 0.15) is 0 Å². The summed E-state index contributed by atoms with van der Waals surface area (Å²) in [5, 5.41) is 0. The summed E-state index contributed by atoms with van der Waals surface area (Å²) in [6.45, 7) is 20.0. The minimum atomic E-state index is 0. The second-order valence-electron chi connectivity index (χ2n) is 0. The third-order valence-corrected chi connectivity index (χ3v) is 0. The van der Waals surface area contributed by atoms with Crippen LogP contribution in [0.1, 0.15) is 27.7 Å². The maximum Gasteiger partial charge on any atom is 4.00 e. The Kier molecular flexibility index (Phi) is 2570. The normalized spacial score (nSPS) is 2.67. The summed E-state index contributed by atoms with van der Waals surface area (Å²) < 4.78 is 0. The predicted molar refractivity (Wildman–Crippen MR) is 44.1 cm³/mol. The van der Waals surface area contributed by atoms with Gasteiger partial charge >= 0.3 is 26.2 Å². The van der Waals surface area contributed by atoms with E-state index in [0.717, 1.165) is 0 Å². The number of hydrogen-bond acceptors (Lipinski definition) is 0. The molecule has 0 aliphatic rings. The van der Waals surface area contributed by atoms with Gasteiger partial charge in [-0.05, 0) is 0 Å². The molecule has 0 nitrogen and oxygen atoms in total. The average Bonchev–Trinajstić information content (AvgIpc) is 2.03. The molecule has 0 unspecified atom stereocenters. The number of rotatable bonds is 0. The van der Waals surface area contributed by atoms with Gasteiger partial charge in [0.15, 0.2) is 0 Å². The molecule has 1 heteroatoms. The van der Waals surface area contributed by atoms with Crippen molar-refractivity contribution in [3.8, 4) is 0 Å². The third-order valence-electron chi connectivity index (χ3n) is 0. The molecule has 0 aromatic carbocycles. The first-order chi connectivity index (χ1) is 4.00. The first-order valence-corrected chi connectivity index (χ1v) is 2.83. The van der Waals surface area contributed by atoms with Crippen LogP contribution in [0.25, 0.3) is 0 Å². The minimum absolute atomic E-state index is 0. The second kappa shape index (κ2) is 708. The molecular formula is C8H20Zr. The number of hydrogen-bond donors (Lipinski definition) is 0. The molecule has 0 fully saturated rings. The van der Waals surface area contributed by atoms with Gasteiger partial charge in [-0.15, -0.1) is 0 Å². The molecule has 0 bridgehead atoms. The van der Waals surface area contributed by atoms with Crippen molar-refractivity contribution in [3.63, 3.8) is 0 Å². The van der Waals surface area contributed by atoms with E-state index in [1.807, 2.05) is 0 Å². The van der Waals surface area contributed by atoms with Gasteiger partial charge in [0.2, 0.25) is 0 Å². The van der Waals surface area contributed by atoms with E-state index in [1.165, 1.54) is 0 Å². The monoisotopic (exact) mass is 206 g/mol. The van der Waals surface area contributed by atoms with Gasteiger partial charge in [0.05, 0.1) is 0 Å². The molecule has 0 rings (SSSR count). The SMILES string of the molecule is [CH2-]C.[CH2-]C.[CH2-]C.[CH2-]C.[Zr+4]. The zero-order valence-electron chi connectivity index (χ0n) is 7.33. The molecule has 0 saturated carbocycles. The van der Waals surface area contributed by atoms with Crippen LogP contribution in [0.15, 0.2) is 0 Å². The van der Waals surface area contributed by atoms with E-state index in [2.05, 4.69) is 27.7 Å². The van der Waals surface area contributed by atoms with Crippen molar-refractivity contribution in [1.82, 2.24) is 0 Å².